The molecule has 0 spiro atoms. The van der Waals surface area contributed by atoms with Crippen LogP contribution < -0.4 is 11.5 Å². The molecule has 1 amide bonds. The van der Waals surface area contributed by atoms with Gasteiger partial charge in [0.15, 0.2) is 11.9 Å². The number of hydrogen-bond donors (Lipinski definition) is 2. The number of amides is 1. The summed E-state index contributed by atoms with van der Waals surface area (Å²) in [6, 6.07) is 0. The van der Waals surface area contributed by atoms with Crippen LogP contribution in [0.2, 0.25) is 0 Å². The third-order valence-electron chi connectivity index (χ3n) is 1.14. The summed E-state index contributed by atoms with van der Waals surface area (Å²) >= 11 is 0. The Morgan fingerprint density at radius 1 is 1.83 bits per heavy atom. The van der Waals surface area contributed by atoms with Gasteiger partial charge in [0, 0.05) is 0 Å². The van der Waals surface area contributed by atoms with Crippen molar-refractivity contribution in [3.05, 3.63) is 16.4 Å². The van der Waals surface area contributed by atoms with Gasteiger partial charge in [-0.05, 0) is 6.92 Å². The van der Waals surface area contributed by atoms with Crippen molar-refractivity contribution < 1.29 is 14.1 Å². The lowest BCUT2D eigenvalue weighted by molar-refractivity contribution is 0.110. The molecule has 1 heterocycles. The maximum atomic E-state index is 10.4. The molecule has 0 bridgehead atoms. The molecule has 1 unspecified atom stereocenters. The van der Waals surface area contributed by atoms with Crippen molar-refractivity contribution in [2.45, 2.75) is 13.0 Å². The lowest BCUT2D eigenvalue weighted by Gasteiger charge is -2.05. The molecule has 12 heavy (non-hydrogen) atoms. The van der Waals surface area contributed by atoms with Crippen LogP contribution in [-0.4, -0.2) is 16.2 Å². The van der Waals surface area contributed by atoms with Crippen molar-refractivity contribution in [1.82, 2.24) is 10.1 Å². The van der Waals surface area contributed by atoms with E-state index < -0.39 is 18.0 Å². The zero-order chi connectivity index (χ0) is 9.14. The fourth-order valence-electron chi connectivity index (χ4n) is 0.647. The molecule has 1 aromatic heterocycles. The number of H-pyrrole nitrogens is 1. The van der Waals surface area contributed by atoms with Crippen LogP contribution in [0.25, 0.3) is 0 Å². The van der Waals surface area contributed by atoms with Crippen LogP contribution in [0.3, 0.4) is 0 Å². The Morgan fingerprint density at radius 2 is 2.50 bits per heavy atom. The van der Waals surface area contributed by atoms with Crippen LogP contribution in [0.1, 0.15) is 18.9 Å². The molecule has 0 aliphatic heterocycles. The van der Waals surface area contributed by atoms with Crippen molar-refractivity contribution in [1.29, 1.82) is 0 Å². The molecule has 0 fully saturated rings. The van der Waals surface area contributed by atoms with E-state index in [9.17, 15) is 9.59 Å². The summed E-state index contributed by atoms with van der Waals surface area (Å²) < 4.78 is 8.67. The number of ether oxygens (including phenoxy) is 1. The van der Waals surface area contributed by atoms with E-state index in [0.717, 1.165) is 0 Å². The summed E-state index contributed by atoms with van der Waals surface area (Å²) in [6.07, 6.45) is -1.65. The molecule has 7 nitrogen and oxygen atoms in total. The summed E-state index contributed by atoms with van der Waals surface area (Å²) in [7, 11) is 0. The minimum absolute atomic E-state index is 0.124. The van der Waals surface area contributed by atoms with Gasteiger partial charge >= 0.3 is 11.8 Å². The average molecular weight is 173 g/mol. The lowest BCUT2D eigenvalue weighted by Crippen LogP contribution is -2.16. The monoisotopic (exact) mass is 173 g/mol. The first-order valence-corrected chi connectivity index (χ1v) is 3.11. The summed E-state index contributed by atoms with van der Waals surface area (Å²) in [5.41, 5.74) is 4.73. The molecule has 0 saturated carbocycles. The molecular weight excluding hydrogens is 166 g/mol. The molecule has 7 heteroatoms. The van der Waals surface area contributed by atoms with Gasteiger partial charge in [0.1, 0.15) is 0 Å². The van der Waals surface area contributed by atoms with Crippen LogP contribution in [0, 0.1) is 0 Å². The Morgan fingerprint density at radius 3 is 2.92 bits per heavy atom. The highest BCUT2D eigenvalue weighted by Crippen LogP contribution is 2.08. The minimum atomic E-state index is -0.939. The summed E-state index contributed by atoms with van der Waals surface area (Å²) in [5.74, 6) is -0.580. The number of carbonyl (C=O) groups excluding carboxylic acids is 1. The van der Waals surface area contributed by atoms with Crippen molar-refractivity contribution in [3.8, 4) is 0 Å². The smallest absolute Gasteiger partial charge is 0.438 e. The largest absolute Gasteiger partial charge is 0.439 e. The minimum Gasteiger partial charge on any atom is -0.438 e. The van der Waals surface area contributed by atoms with E-state index in [1.165, 1.54) is 6.92 Å². The molecule has 0 aliphatic carbocycles. The fraction of sp³-hybridized carbons (Fsp3) is 0.400. The highest BCUT2D eigenvalue weighted by atomic mass is 16.6. The third kappa shape index (κ3) is 1.84. The van der Waals surface area contributed by atoms with Gasteiger partial charge in [-0.2, -0.15) is 0 Å². The van der Waals surface area contributed by atoms with E-state index in [1.54, 1.807) is 0 Å². The van der Waals surface area contributed by atoms with E-state index in [2.05, 4.69) is 19.4 Å². The molecule has 1 rings (SSSR count). The molecule has 3 N–H and O–H groups in total. The number of aromatic nitrogens is 2. The second kappa shape index (κ2) is 3.07. The number of hydrogen-bond acceptors (Lipinski definition) is 5. The number of nitrogens with two attached hydrogens (primary N) is 1. The van der Waals surface area contributed by atoms with Crippen molar-refractivity contribution >= 4 is 6.09 Å². The molecule has 0 aliphatic rings. The first-order valence-electron chi connectivity index (χ1n) is 3.11. The van der Waals surface area contributed by atoms with Crippen LogP contribution in [-0.2, 0) is 4.74 Å². The second-order valence-corrected chi connectivity index (χ2v) is 2.06. The fourth-order valence-corrected chi connectivity index (χ4v) is 0.647. The molecule has 0 aromatic carbocycles. The predicted molar refractivity (Wildman–Crippen MR) is 36.2 cm³/mol. The van der Waals surface area contributed by atoms with E-state index in [0.29, 0.717) is 0 Å². The van der Waals surface area contributed by atoms with E-state index in [-0.39, 0.29) is 5.82 Å². The van der Waals surface area contributed by atoms with Crippen molar-refractivity contribution in [2.24, 2.45) is 5.73 Å². The van der Waals surface area contributed by atoms with Crippen LogP contribution in [0.15, 0.2) is 9.32 Å². The van der Waals surface area contributed by atoms with Crippen molar-refractivity contribution in [2.75, 3.05) is 0 Å². The van der Waals surface area contributed by atoms with Gasteiger partial charge in [-0.25, -0.2) is 9.59 Å². The summed E-state index contributed by atoms with van der Waals surface area (Å²) in [6.45, 7) is 1.50. The standard InChI is InChI=1S/C5H7N3O4/c1-2(11-4(6)9)3-7-5(10)12-8-3/h2H,1H3,(H2,6,9)(H,7,8,10). The van der Waals surface area contributed by atoms with Gasteiger partial charge in [-0.1, -0.05) is 5.16 Å². The number of nitrogens with zero attached hydrogens (tertiary/aromatic N) is 1. The normalized spacial score (nSPS) is 12.4. The topological polar surface area (TPSA) is 111 Å². The van der Waals surface area contributed by atoms with Crippen LogP contribution >= 0.6 is 0 Å². The average Bonchev–Trinajstić information content (AvgIpc) is 2.34. The highest BCUT2D eigenvalue weighted by molar-refractivity contribution is 5.64. The van der Waals surface area contributed by atoms with Gasteiger partial charge in [0.05, 0.1) is 0 Å². The first-order chi connectivity index (χ1) is 5.59. The number of aromatic amines is 1. The van der Waals surface area contributed by atoms with Gasteiger partial charge in [-0.3, -0.25) is 9.51 Å². The maximum absolute atomic E-state index is 10.4. The Labute approximate surface area is 66.5 Å². The summed E-state index contributed by atoms with van der Waals surface area (Å²) in [4.78, 5) is 22.9. The number of carbonyl (C=O) groups is 1. The van der Waals surface area contributed by atoms with Crippen LogP contribution in [0.5, 0.6) is 0 Å². The quantitative estimate of drug-likeness (QED) is 0.627. The Bertz CT molecular complexity index is 327. The Hall–Kier alpha value is -1.79. The Kier molecular flexibility index (Phi) is 2.13. The molecule has 0 radical (unpaired) electrons. The second-order valence-electron chi connectivity index (χ2n) is 2.06. The zero-order valence-corrected chi connectivity index (χ0v) is 6.23. The number of rotatable bonds is 2. The van der Waals surface area contributed by atoms with Crippen molar-refractivity contribution in [3.63, 3.8) is 0 Å². The van der Waals surface area contributed by atoms with Gasteiger partial charge in [0.2, 0.25) is 0 Å². The van der Waals surface area contributed by atoms with Gasteiger partial charge < -0.3 is 10.5 Å². The first kappa shape index (κ1) is 8.31. The summed E-state index contributed by atoms with van der Waals surface area (Å²) in [5, 5.41) is 3.29. The molecule has 1 aromatic rings. The molecule has 0 saturated heterocycles. The molecule has 1 atom stereocenters. The SMILES string of the molecule is CC(OC(N)=O)c1noc(=O)[nH]1. The molecule has 66 valence electrons. The van der Waals surface area contributed by atoms with E-state index in [1.807, 2.05) is 0 Å². The van der Waals surface area contributed by atoms with Gasteiger partial charge in [0.25, 0.3) is 0 Å². The highest BCUT2D eigenvalue weighted by Gasteiger charge is 2.13. The van der Waals surface area contributed by atoms with Gasteiger partial charge in [-0.15, -0.1) is 0 Å². The number of primary amides is 1. The van der Waals surface area contributed by atoms with E-state index >= 15 is 0 Å². The maximum Gasteiger partial charge on any atom is 0.439 e. The Balaban J connectivity index is 2.71. The lowest BCUT2D eigenvalue weighted by atomic mass is 10.4. The zero-order valence-electron chi connectivity index (χ0n) is 6.23. The predicted octanol–water partition coefficient (Wildman–Crippen LogP) is -0.481. The number of nitrogens with one attached hydrogen (secondary N) is 1. The van der Waals surface area contributed by atoms with Crippen LogP contribution in [0.4, 0.5) is 4.79 Å². The third-order valence-corrected chi connectivity index (χ3v) is 1.14. The van der Waals surface area contributed by atoms with E-state index in [4.69, 9.17) is 5.73 Å². The molecular formula is C5H7N3O4.